The average molecular weight is 339 g/mol. The number of amides is 3. The molecule has 1 unspecified atom stereocenters. The number of nitrogens with one attached hydrogen (secondary N) is 1. The summed E-state index contributed by atoms with van der Waals surface area (Å²) in [5.41, 5.74) is 0. The number of aliphatic carboxylic acids is 1. The fourth-order valence-corrected chi connectivity index (χ4v) is 2.38. The molecule has 1 heterocycles. The highest BCUT2D eigenvalue weighted by Crippen LogP contribution is 2.37. The number of carboxylic acid groups (broad SMARTS) is 1. The number of urea groups is 1. The highest BCUT2D eigenvalue weighted by Gasteiger charge is 2.53. The fraction of sp³-hybridized carbons (Fsp3) is 0.769. The minimum absolute atomic E-state index is 0.387. The minimum atomic E-state index is -4.71. The van der Waals surface area contributed by atoms with Crippen LogP contribution in [0.5, 0.6) is 0 Å². The third kappa shape index (κ3) is 4.49. The molecule has 0 spiro atoms. The maximum absolute atomic E-state index is 12.9. The minimum Gasteiger partial charge on any atom is -0.481 e. The molecule has 0 aromatic heterocycles. The lowest BCUT2D eigenvalue weighted by Crippen LogP contribution is -2.50. The van der Waals surface area contributed by atoms with Gasteiger partial charge in [0.05, 0.1) is 11.8 Å². The molecule has 23 heavy (non-hydrogen) atoms. The molecule has 1 aliphatic heterocycles. The maximum Gasteiger partial charge on any atom is 0.394 e. The Labute approximate surface area is 131 Å². The monoisotopic (exact) mass is 339 g/mol. The van der Waals surface area contributed by atoms with Gasteiger partial charge in [0.15, 0.2) is 0 Å². The molecule has 132 valence electrons. The second-order valence-electron chi connectivity index (χ2n) is 5.52. The second kappa shape index (κ2) is 7.05. The highest BCUT2D eigenvalue weighted by molar-refractivity contribution is 5.87. The van der Waals surface area contributed by atoms with Crippen molar-refractivity contribution < 1.29 is 32.7 Å². The number of alkyl halides is 3. The smallest absolute Gasteiger partial charge is 0.394 e. The van der Waals surface area contributed by atoms with E-state index in [9.17, 15) is 27.6 Å². The third-order valence-corrected chi connectivity index (χ3v) is 3.91. The molecule has 0 bridgehead atoms. The normalized spacial score (nSPS) is 22.6. The number of likely N-dealkylation sites (tertiary alicyclic amines) is 1. The molecule has 2 N–H and O–H groups in total. The van der Waals surface area contributed by atoms with E-state index >= 15 is 0 Å². The summed E-state index contributed by atoms with van der Waals surface area (Å²) in [5.74, 6) is -5.81. The van der Waals surface area contributed by atoms with Crippen LogP contribution in [0, 0.1) is 11.8 Å². The van der Waals surface area contributed by atoms with Crippen LogP contribution in [0.15, 0.2) is 0 Å². The quantitative estimate of drug-likeness (QED) is 0.791. The Morgan fingerprint density at radius 3 is 2.30 bits per heavy atom. The number of likely N-dealkylation sites (N-methyl/N-ethyl adjacent to an activating group) is 1. The molecule has 10 heteroatoms. The van der Waals surface area contributed by atoms with Crippen molar-refractivity contribution in [2.45, 2.75) is 26.1 Å². The van der Waals surface area contributed by atoms with Gasteiger partial charge >= 0.3 is 18.2 Å². The van der Waals surface area contributed by atoms with E-state index in [1.54, 1.807) is 6.92 Å². The van der Waals surface area contributed by atoms with Gasteiger partial charge in [0.2, 0.25) is 5.91 Å². The summed E-state index contributed by atoms with van der Waals surface area (Å²) in [5, 5.41) is 11.2. The summed E-state index contributed by atoms with van der Waals surface area (Å²) in [6.07, 6.45) is -4.71. The van der Waals surface area contributed by atoms with Crippen LogP contribution in [-0.4, -0.2) is 71.7 Å². The van der Waals surface area contributed by atoms with Crippen molar-refractivity contribution in [3.8, 4) is 0 Å². The van der Waals surface area contributed by atoms with Crippen molar-refractivity contribution in [3.05, 3.63) is 0 Å². The van der Waals surface area contributed by atoms with E-state index in [0.717, 1.165) is 4.90 Å². The first kappa shape index (κ1) is 19.0. The van der Waals surface area contributed by atoms with Gasteiger partial charge in [-0.3, -0.25) is 9.59 Å². The van der Waals surface area contributed by atoms with Crippen molar-refractivity contribution in [3.63, 3.8) is 0 Å². The lowest BCUT2D eigenvalue weighted by molar-refractivity contribution is -0.187. The molecule has 0 aliphatic carbocycles. The van der Waals surface area contributed by atoms with Crippen LogP contribution in [0.25, 0.3) is 0 Å². The fourth-order valence-electron chi connectivity index (χ4n) is 2.38. The molecule has 0 saturated carbocycles. The van der Waals surface area contributed by atoms with E-state index < -0.39 is 49.1 Å². The number of carbonyl (C=O) groups is 3. The van der Waals surface area contributed by atoms with Crippen LogP contribution in [0.1, 0.15) is 13.8 Å². The lowest BCUT2D eigenvalue weighted by Gasteiger charge is -2.24. The molecule has 7 nitrogen and oxygen atoms in total. The Balaban J connectivity index is 2.75. The predicted molar refractivity (Wildman–Crippen MR) is 73.5 cm³/mol. The molecule has 0 aromatic carbocycles. The van der Waals surface area contributed by atoms with E-state index in [-0.39, 0.29) is 5.91 Å². The number of carboxylic acids is 1. The Hall–Kier alpha value is -2.00. The number of nitrogens with zero attached hydrogens (tertiary/aromatic N) is 2. The summed E-state index contributed by atoms with van der Waals surface area (Å²) < 4.78 is 38.6. The van der Waals surface area contributed by atoms with E-state index in [0.29, 0.717) is 6.54 Å². The van der Waals surface area contributed by atoms with Crippen molar-refractivity contribution in [2.75, 3.05) is 26.7 Å². The van der Waals surface area contributed by atoms with Gasteiger partial charge in [-0.05, 0) is 13.8 Å². The number of halogens is 3. The molecule has 3 atom stereocenters. The van der Waals surface area contributed by atoms with E-state index in [1.165, 1.54) is 18.9 Å². The van der Waals surface area contributed by atoms with Crippen LogP contribution < -0.4 is 5.32 Å². The molecular weight excluding hydrogens is 319 g/mol. The SMILES string of the molecule is CCN(C)C(=O)C(C)NC(=O)N1C[C@@H](C(F)(F)F)[C@H](C(=O)O)C1. The van der Waals surface area contributed by atoms with E-state index in [2.05, 4.69) is 5.32 Å². The van der Waals surface area contributed by atoms with E-state index in [1.807, 2.05) is 0 Å². The number of hydrogen-bond acceptors (Lipinski definition) is 3. The van der Waals surface area contributed by atoms with Crippen molar-refractivity contribution >= 4 is 17.9 Å². The zero-order chi connectivity index (χ0) is 17.9. The Bertz CT molecular complexity index is 484. The summed E-state index contributed by atoms with van der Waals surface area (Å²) >= 11 is 0. The van der Waals surface area contributed by atoms with Gasteiger partial charge in [-0.25, -0.2) is 4.79 Å². The molecular formula is C13H20F3N3O4. The Morgan fingerprint density at radius 2 is 1.91 bits per heavy atom. The number of carbonyl (C=O) groups excluding carboxylic acids is 2. The number of hydrogen-bond donors (Lipinski definition) is 2. The summed E-state index contributed by atoms with van der Waals surface area (Å²) in [6.45, 7) is 2.28. The predicted octanol–water partition coefficient (Wildman–Crippen LogP) is 0.758. The van der Waals surface area contributed by atoms with E-state index in [4.69, 9.17) is 5.11 Å². The third-order valence-electron chi connectivity index (χ3n) is 3.91. The lowest BCUT2D eigenvalue weighted by atomic mass is 9.96. The van der Waals surface area contributed by atoms with Crippen molar-refractivity contribution in [2.24, 2.45) is 11.8 Å². The molecule has 0 aromatic rings. The van der Waals surface area contributed by atoms with Gasteiger partial charge in [0, 0.05) is 26.7 Å². The van der Waals surface area contributed by atoms with Gasteiger partial charge < -0.3 is 20.2 Å². The van der Waals surface area contributed by atoms with Gasteiger partial charge in [0.25, 0.3) is 0 Å². The zero-order valence-corrected chi connectivity index (χ0v) is 13.1. The van der Waals surface area contributed by atoms with Gasteiger partial charge in [-0.2, -0.15) is 13.2 Å². The molecule has 1 fully saturated rings. The van der Waals surface area contributed by atoms with Crippen LogP contribution >= 0.6 is 0 Å². The van der Waals surface area contributed by atoms with Crippen molar-refractivity contribution in [1.82, 2.24) is 15.1 Å². The first-order chi connectivity index (χ1) is 10.5. The Kier molecular flexibility index (Phi) is 5.84. The second-order valence-corrected chi connectivity index (χ2v) is 5.52. The topological polar surface area (TPSA) is 90.0 Å². The first-order valence-corrected chi connectivity index (χ1v) is 7.09. The Morgan fingerprint density at radius 1 is 1.35 bits per heavy atom. The van der Waals surface area contributed by atoms with Gasteiger partial charge in [0.1, 0.15) is 6.04 Å². The molecule has 1 saturated heterocycles. The summed E-state index contributed by atoms with van der Waals surface area (Å²) in [4.78, 5) is 36.9. The largest absolute Gasteiger partial charge is 0.481 e. The van der Waals surface area contributed by atoms with Crippen LogP contribution in [0.4, 0.5) is 18.0 Å². The highest BCUT2D eigenvalue weighted by atomic mass is 19.4. The van der Waals surface area contributed by atoms with Gasteiger partial charge in [-0.1, -0.05) is 0 Å². The van der Waals surface area contributed by atoms with Crippen LogP contribution in [-0.2, 0) is 9.59 Å². The molecule has 1 rings (SSSR count). The first-order valence-electron chi connectivity index (χ1n) is 7.09. The van der Waals surface area contributed by atoms with Crippen LogP contribution in [0.3, 0.4) is 0 Å². The summed E-state index contributed by atoms with van der Waals surface area (Å²) in [7, 11) is 1.53. The maximum atomic E-state index is 12.9. The van der Waals surface area contributed by atoms with Crippen molar-refractivity contribution in [1.29, 1.82) is 0 Å². The molecule has 1 aliphatic rings. The zero-order valence-electron chi connectivity index (χ0n) is 13.1. The summed E-state index contributed by atoms with van der Waals surface area (Å²) in [6, 6.07) is -1.80. The average Bonchev–Trinajstić information content (AvgIpc) is 2.91. The molecule has 3 amide bonds. The standard InChI is InChI=1S/C13H20F3N3O4/c1-4-18(3)10(20)7(2)17-12(23)19-5-8(11(21)22)9(6-19)13(14,15)16/h7-9H,4-6H2,1-3H3,(H,17,23)(H,21,22)/t7?,8-,9-/m1/s1. The van der Waals surface area contributed by atoms with Crippen LogP contribution in [0.2, 0.25) is 0 Å². The molecule has 0 radical (unpaired) electrons. The van der Waals surface area contributed by atoms with Gasteiger partial charge in [-0.15, -0.1) is 0 Å². The number of rotatable bonds is 4.